The third kappa shape index (κ3) is 2.60. The Morgan fingerprint density at radius 3 is 3.04 bits per heavy atom. The summed E-state index contributed by atoms with van der Waals surface area (Å²) in [5, 5.41) is 1.14. The highest BCUT2D eigenvalue weighted by atomic mass is 15.3. The highest BCUT2D eigenvalue weighted by Crippen LogP contribution is 2.39. The molecule has 1 unspecified atom stereocenters. The van der Waals surface area contributed by atoms with Crippen LogP contribution in [0, 0.1) is 0 Å². The van der Waals surface area contributed by atoms with Gasteiger partial charge in [-0.3, -0.25) is 4.90 Å². The summed E-state index contributed by atoms with van der Waals surface area (Å²) in [6.45, 7) is 5.74. The average Bonchev–Trinajstić information content (AvgIpc) is 3.25. The monoisotopic (exact) mass is 314 g/mol. The van der Waals surface area contributed by atoms with E-state index >= 15 is 0 Å². The minimum atomic E-state index is 0.351. The molecule has 0 radical (unpaired) electrons. The molecule has 0 amide bonds. The maximum Gasteiger partial charge on any atom is 0.142 e. The molecule has 2 aliphatic rings. The van der Waals surface area contributed by atoms with Gasteiger partial charge in [-0.25, -0.2) is 9.97 Å². The molecule has 23 heavy (non-hydrogen) atoms. The van der Waals surface area contributed by atoms with Crippen molar-refractivity contribution >= 4 is 16.9 Å². The molecule has 2 aromatic rings. The normalized spacial score (nSPS) is 25.4. The molecule has 4 rings (SSSR count). The minimum Gasteiger partial charge on any atom is -0.354 e. The lowest BCUT2D eigenvalue weighted by Gasteiger charge is -2.36. The van der Waals surface area contributed by atoms with Gasteiger partial charge < -0.3 is 14.8 Å². The molecule has 2 fully saturated rings. The Bertz CT molecular complexity index is 681. The van der Waals surface area contributed by atoms with Crippen molar-refractivity contribution in [2.75, 3.05) is 51.7 Å². The van der Waals surface area contributed by atoms with Crippen molar-refractivity contribution in [1.29, 1.82) is 0 Å². The number of hydrogen-bond acceptors (Lipinski definition) is 5. The molecule has 6 heteroatoms. The Morgan fingerprint density at radius 1 is 1.26 bits per heavy atom. The molecule has 0 aliphatic carbocycles. The number of anilines is 1. The van der Waals surface area contributed by atoms with Gasteiger partial charge >= 0.3 is 0 Å². The van der Waals surface area contributed by atoms with Gasteiger partial charge in [0.05, 0.1) is 5.39 Å². The van der Waals surface area contributed by atoms with E-state index in [4.69, 9.17) is 0 Å². The zero-order valence-electron chi connectivity index (χ0n) is 14.1. The lowest BCUT2D eigenvalue weighted by Crippen LogP contribution is -2.48. The van der Waals surface area contributed by atoms with Gasteiger partial charge in [0.25, 0.3) is 0 Å². The summed E-state index contributed by atoms with van der Waals surface area (Å²) in [7, 11) is 4.32. The van der Waals surface area contributed by atoms with Crippen molar-refractivity contribution < 1.29 is 0 Å². The van der Waals surface area contributed by atoms with E-state index in [0.717, 1.165) is 36.5 Å². The molecule has 0 bridgehead atoms. The molecule has 2 aromatic heterocycles. The van der Waals surface area contributed by atoms with Crippen LogP contribution < -0.4 is 4.90 Å². The van der Waals surface area contributed by atoms with Gasteiger partial charge in [0.2, 0.25) is 0 Å². The number of nitrogens with zero attached hydrogens (tertiary/aromatic N) is 5. The van der Waals surface area contributed by atoms with Gasteiger partial charge in [0, 0.05) is 37.9 Å². The van der Waals surface area contributed by atoms with Crippen LogP contribution in [-0.4, -0.2) is 77.1 Å². The van der Waals surface area contributed by atoms with Crippen molar-refractivity contribution in [2.45, 2.75) is 24.8 Å². The summed E-state index contributed by atoms with van der Waals surface area (Å²) in [5.41, 5.74) is 1.29. The predicted molar refractivity (Wildman–Crippen MR) is 92.8 cm³/mol. The van der Waals surface area contributed by atoms with Gasteiger partial charge in [-0.05, 0) is 46.0 Å². The van der Waals surface area contributed by atoms with E-state index in [1.165, 1.54) is 32.4 Å². The molecule has 1 spiro atoms. The van der Waals surface area contributed by atoms with Crippen LogP contribution in [0.4, 0.5) is 5.82 Å². The number of likely N-dealkylation sites (N-methyl/N-ethyl adjacent to an activating group) is 1. The number of nitrogens with one attached hydrogen (secondary N) is 1. The van der Waals surface area contributed by atoms with Crippen molar-refractivity contribution in [3.63, 3.8) is 0 Å². The highest BCUT2D eigenvalue weighted by Gasteiger charge is 2.46. The van der Waals surface area contributed by atoms with E-state index in [-0.39, 0.29) is 0 Å². The predicted octanol–water partition coefficient (Wildman–Crippen LogP) is 1.56. The number of hydrogen-bond donors (Lipinski definition) is 1. The van der Waals surface area contributed by atoms with Gasteiger partial charge in [0.1, 0.15) is 17.8 Å². The second-order valence-corrected chi connectivity index (χ2v) is 7.23. The number of likely N-dealkylation sites (tertiary alicyclic amines) is 1. The first kappa shape index (κ1) is 14.9. The average molecular weight is 314 g/mol. The lowest BCUT2D eigenvalue weighted by atomic mass is 9.95. The smallest absolute Gasteiger partial charge is 0.142 e. The molecule has 4 heterocycles. The standard InChI is InChI=1S/C17H26N6/c1-21(2)10-11-23-8-3-5-17(23)6-9-22(12-17)16-14-4-7-18-15(14)19-13-20-16/h4,7,13H,3,5-6,8-12H2,1-2H3,(H,18,19,20). The zero-order valence-corrected chi connectivity index (χ0v) is 14.1. The van der Waals surface area contributed by atoms with E-state index < -0.39 is 0 Å². The third-order valence-electron chi connectivity index (χ3n) is 5.52. The largest absolute Gasteiger partial charge is 0.354 e. The van der Waals surface area contributed by atoms with Crippen LogP contribution in [-0.2, 0) is 0 Å². The van der Waals surface area contributed by atoms with Crippen LogP contribution >= 0.6 is 0 Å². The summed E-state index contributed by atoms with van der Waals surface area (Å²) < 4.78 is 0. The molecule has 1 atom stereocenters. The summed E-state index contributed by atoms with van der Waals surface area (Å²) in [5.74, 6) is 1.09. The third-order valence-corrected chi connectivity index (χ3v) is 5.52. The van der Waals surface area contributed by atoms with Gasteiger partial charge in [-0.2, -0.15) is 0 Å². The second kappa shape index (κ2) is 5.76. The van der Waals surface area contributed by atoms with Crippen LogP contribution in [0.1, 0.15) is 19.3 Å². The fourth-order valence-corrected chi connectivity index (χ4v) is 4.27. The van der Waals surface area contributed by atoms with E-state index in [2.05, 4.69) is 49.8 Å². The quantitative estimate of drug-likeness (QED) is 0.928. The first-order chi connectivity index (χ1) is 11.2. The van der Waals surface area contributed by atoms with Crippen molar-refractivity contribution in [1.82, 2.24) is 24.8 Å². The number of aromatic nitrogens is 3. The molecule has 6 nitrogen and oxygen atoms in total. The topological polar surface area (TPSA) is 51.3 Å². The second-order valence-electron chi connectivity index (χ2n) is 7.23. The Kier molecular flexibility index (Phi) is 3.73. The molecule has 1 N–H and O–H groups in total. The zero-order chi connectivity index (χ0) is 15.9. The number of fused-ring (bicyclic) bond motifs is 1. The van der Waals surface area contributed by atoms with Crippen molar-refractivity contribution in [3.05, 3.63) is 18.6 Å². The summed E-state index contributed by atoms with van der Waals surface area (Å²) >= 11 is 0. The van der Waals surface area contributed by atoms with Crippen LogP contribution in [0.15, 0.2) is 18.6 Å². The van der Waals surface area contributed by atoms with Gasteiger partial charge in [0.15, 0.2) is 0 Å². The van der Waals surface area contributed by atoms with Crippen LogP contribution in [0.25, 0.3) is 11.0 Å². The SMILES string of the molecule is CN(C)CCN1CCCC12CCN(c1ncnc3[nH]ccc13)C2. The first-order valence-corrected chi connectivity index (χ1v) is 8.61. The van der Waals surface area contributed by atoms with Gasteiger partial charge in [-0.1, -0.05) is 0 Å². The van der Waals surface area contributed by atoms with E-state index in [1.54, 1.807) is 6.33 Å². The fraction of sp³-hybridized carbons (Fsp3) is 0.647. The molecular formula is C17H26N6. The van der Waals surface area contributed by atoms with E-state index in [1.807, 2.05) is 6.20 Å². The summed E-state index contributed by atoms with van der Waals surface area (Å²) in [6.07, 6.45) is 7.52. The van der Waals surface area contributed by atoms with Crippen molar-refractivity contribution in [3.8, 4) is 0 Å². The highest BCUT2D eigenvalue weighted by molar-refractivity contribution is 5.87. The van der Waals surface area contributed by atoms with Crippen LogP contribution in [0.2, 0.25) is 0 Å². The summed E-state index contributed by atoms with van der Waals surface area (Å²) in [4.78, 5) is 19.6. The number of H-pyrrole nitrogens is 1. The maximum absolute atomic E-state index is 4.58. The van der Waals surface area contributed by atoms with Crippen LogP contribution in [0.3, 0.4) is 0 Å². The van der Waals surface area contributed by atoms with E-state index in [9.17, 15) is 0 Å². The molecule has 124 valence electrons. The minimum absolute atomic E-state index is 0.351. The molecular weight excluding hydrogens is 288 g/mol. The molecule has 0 aromatic carbocycles. The summed E-state index contributed by atoms with van der Waals surface area (Å²) in [6, 6.07) is 2.09. The maximum atomic E-state index is 4.58. The Hall–Kier alpha value is -1.66. The van der Waals surface area contributed by atoms with E-state index in [0.29, 0.717) is 5.54 Å². The Morgan fingerprint density at radius 2 is 2.17 bits per heavy atom. The van der Waals surface area contributed by atoms with Crippen molar-refractivity contribution in [2.24, 2.45) is 0 Å². The lowest BCUT2D eigenvalue weighted by molar-refractivity contribution is 0.145. The van der Waals surface area contributed by atoms with Crippen LogP contribution in [0.5, 0.6) is 0 Å². The van der Waals surface area contributed by atoms with Gasteiger partial charge in [-0.15, -0.1) is 0 Å². The first-order valence-electron chi connectivity index (χ1n) is 8.61. The molecule has 2 aliphatic heterocycles. The number of rotatable bonds is 4. The molecule has 2 saturated heterocycles. The Labute approximate surface area is 137 Å². The Balaban J connectivity index is 1.55. The fourth-order valence-electron chi connectivity index (χ4n) is 4.27. The molecule has 0 saturated carbocycles. The number of aromatic amines is 1.